The normalized spacial score (nSPS) is 25.1. The van der Waals surface area contributed by atoms with Crippen molar-refractivity contribution in [2.45, 2.75) is 45.4 Å². The molecule has 0 amide bonds. The first-order chi connectivity index (χ1) is 16.5. The van der Waals surface area contributed by atoms with Crippen LogP contribution in [-0.2, 0) is 0 Å². The van der Waals surface area contributed by atoms with Crippen LogP contribution in [0.2, 0.25) is 0 Å². The van der Waals surface area contributed by atoms with Crippen molar-refractivity contribution in [2.24, 2.45) is 16.6 Å². The van der Waals surface area contributed by atoms with Crippen molar-refractivity contribution < 1.29 is 21.5 Å². The molecule has 0 spiro atoms. The molecule has 0 radical (unpaired) electrons. The Balaban J connectivity index is 1.58. The van der Waals surface area contributed by atoms with Gasteiger partial charge in [0.1, 0.15) is 0 Å². The summed E-state index contributed by atoms with van der Waals surface area (Å²) in [4.78, 5) is 5.28. The van der Waals surface area contributed by atoms with Crippen molar-refractivity contribution in [1.82, 2.24) is 13.7 Å². The van der Waals surface area contributed by atoms with Gasteiger partial charge in [-0.05, 0) is 0 Å². The van der Waals surface area contributed by atoms with Crippen LogP contribution in [0.4, 0.5) is 0 Å². The van der Waals surface area contributed by atoms with Gasteiger partial charge in [0.25, 0.3) is 0 Å². The van der Waals surface area contributed by atoms with Gasteiger partial charge in [-0.3, -0.25) is 0 Å². The summed E-state index contributed by atoms with van der Waals surface area (Å²) in [7, 11) is 2.23. The Morgan fingerprint density at radius 1 is 1.18 bits per heavy atom. The number of nitrogens with zero attached hydrogens (tertiary/aromatic N) is 2. The number of allylic oxidation sites excluding steroid dienone is 7. The first kappa shape index (κ1) is 23.3. The van der Waals surface area contributed by atoms with Gasteiger partial charge in [0, 0.05) is 0 Å². The number of fused-ring (bicyclic) bond motifs is 1. The third kappa shape index (κ3) is 4.83. The molecule has 4 aliphatic rings. The molecule has 2 unspecified atom stereocenters. The number of alkyl halides is 1. The quantitative estimate of drug-likeness (QED) is 0.224. The predicted octanol–water partition coefficient (Wildman–Crippen LogP) is 1.67. The van der Waals surface area contributed by atoms with E-state index in [2.05, 4.69) is 83.2 Å². The monoisotopic (exact) mass is 568 g/mol. The number of rotatable bonds is 4. The molecule has 1 aromatic rings. The van der Waals surface area contributed by atoms with Crippen LogP contribution < -0.4 is 37.8 Å². The Kier molecular flexibility index (Phi) is 6.86. The molecule has 1 aromatic carbocycles. The van der Waals surface area contributed by atoms with E-state index in [1.807, 2.05) is 0 Å². The molecular formula is C28H35IN5-. The third-order valence-corrected chi connectivity index (χ3v) is 9.45. The van der Waals surface area contributed by atoms with E-state index in [4.69, 9.17) is 10.7 Å². The fourth-order valence-corrected chi connectivity index (χ4v) is 6.94. The zero-order valence-corrected chi connectivity index (χ0v) is 22.5. The maximum absolute atomic E-state index is 6.49. The zero-order chi connectivity index (χ0) is 23.7. The van der Waals surface area contributed by atoms with Crippen molar-refractivity contribution in [1.29, 1.82) is 0 Å². The van der Waals surface area contributed by atoms with Crippen LogP contribution in [0.3, 0.4) is 0 Å². The van der Waals surface area contributed by atoms with Gasteiger partial charge in [0.05, 0.1) is 0 Å². The Morgan fingerprint density at radius 3 is 2.71 bits per heavy atom. The number of benzene rings is 1. The molecule has 4 N–H and O–H groups in total. The van der Waals surface area contributed by atoms with Crippen molar-refractivity contribution in [3.8, 4) is 0 Å². The molecule has 2 fully saturated rings. The number of nitrogens with one attached hydrogen (secondary N) is 2. The van der Waals surface area contributed by atoms with Crippen molar-refractivity contribution >= 4 is 5.71 Å². The number of hydrogen-bond donors (Lipinski definition) is 3. The fourth-order valence-electron chi connectivity index (χ4n) is 5.02. The van der Waals surface area contributed by atoms with E-state index in [-0.39, 0.29) is 27.4 Å². The molecule has 2 aliphatic heterocycles. The second kappa shape index (κ2) is 10.0. The van der Waals surface area contributed by atoms with E-state index in [0.29, 0.717) is 5.92 Å². The van der Waals surface area contributed by atoms with Crippen LogP contribution in [0.5, 0.6) is 0 Å². The Hall–Kier alpha value is -2.48. The number of aliphatic imine (C=N–C) groups is 1. The molecule has 1 saturated heterocycles. The van der Waals surface area contributed by atoms with E-state index in [9.17, 15) is 0 Å². The van der Waals surface area contributed by atoms with Gasteiger partial charge in [-0.25, -0.2) is 0 Å². The molecule has 2 heterocycles. The van der Waals surface area contributed by atoms with Crippen LogP contribution in [0.1, 0.15) is 51.0 Å². The van der Waals surface area contributed by atoms with E-state index in [0.717, 1.165) is 48.3 Å². The second-order valence-electron chi connectivity index (χ2n) is 9.47. The minimum atomic E-state index is 0.00985. The van der Waals surface area contributed by atoms with Crippen LogP contribution >= 0.6 is 0 Å². The summed E-state index contributed by atoms with van der Waals surface area (Å²) in [5.41, 5.74) is 16.5. The number of likely N-dealkylation sites (N-methyl/N-ethyl adjacent to an activating group) is 1. The fraction of sp³-hybridized carbons (Fsp3) is 0.393. The Labute approximate surface area is 214 Å². The first-order valence-electron chi connectivity index (χ1n) is 12.3. The van der Waals surface area contributed by atoms with Crippen molar-refractivity contribution in [2.75, 3.05) is 18.1 Å². The summed E-state index contributed by atoms with van der Waals surface area (Å²) >= 11 is 0.00985. The molecular weight excluding hydrogens is 533 g/mol. The van der Waals surface area contributed by atoms with Gasteiger partial charge in [-0.1, -0.05) is 6.07 Å². The second-order valence-corrected chi connectivity index (χ2v) is 12.4. The van der Waals surface area contributed by atoms with Gasteiger partial charge < -0.3 is 0 Å². The summed E-state index contributed by atoms with van der Waals surface area (Å²) in [6.07, 6.45) is 11.4. The molecule has 5 nitrogen and oxygen atoms in total. The molecule has 1 saturated carbocycles. The van der Waals surface area contributed by atoms with E-state index < -0.39 is 0 Å². The van der Waals surface area contributed by atoms with Gasteiger partial charge in [0.15, 0.2) is 0 Å². The summed E-state index contributed by atoms with van der Waals surface area (Å²) in [5.74, 6) is 1.42. The maximum atomic E-state index is 6.49. The van der Waals surface area contributed by atoms with Crippen LogP contribution in [0.15, 0.2) is 93.2 Å². The molecule has 0 bridgehead atoms. The summed E-state index contributed by atoms with van der Waals surface area (Å²) < 4.78 is 3.53. The summed E-state index contributed by atoms with van der Waals surface area (Å²) in [6, 6.07) is 10.8. The predicted molar refractivity (Wildman–Crippen MR) is 136 cm³/mol. The zero-order valence-electron chi connectivity index (χ0n) is 20.4. The van der Waals surface area contributed by atoms with E-state index >= 15 is 0 Å². The summed E-state index contributed by atoms with van der Waals surface area (Å²) in [6.45, 7) is 5.30. The van der Waals surface area contributed by atoms with Crippen LogP contribution in [0.25, 0.3) is 0 Å². The molecule has 180 valence electrons. The van der Waals surface area contributed by atoms with Crippen LogP contribution in [0, 0.1) is 5.92 Å². The van der Waals surface area contributed by atoms with Gasteiger partial charge >= 0.3 is 209 Å². The van der Waals surface area contributed by atoms with Crippen molar-refractivity contribution in [3.05, 3.63) is 93.8 Å². The first-order valence-corrected chi connectivity index (χ1v) is 14.8. The van der Waals surface area contributed by atoms with Crippen molar-refractivity contribution in [3.63, 3.8) is 0 Å². The SMILES string of the molecule is CC1=C(NC(N)=C2CC2)C(C)C(c2ccccc2)CN=C1C1=CCCC=C2C(=C1)NC[I-]N2C. The van der Waals surface area contributed by atoms with E-state index in [1.165, 1.54) is 39.4 Å². The van der Waals surface area contributed by atoms with Gasteiger partial charge in [-0.15, -0.1) is 0 Å². The number of halogens is 1. The molecule has 2 atom stereocenters. The molecule has 34 heavy (non-hydrogen) atoms. The summed E-state index contributed by atoms with van der Waals surface area (Å²) in [5, 5.41) is 7.33. The Morgan fingerprint density at radius 2 is 1.94 bits per heavy atom. The number of hydrogen-bond acceptors (Lipinski definition) is 5. The van der Waals surface area contributed by atoms with Gasteiger partial charge in [-0.2, -0.15) is 0 Å². The topological polar surface area (TPSA) is 65.7 Å². The average molecular weight is 569 g/mol. The van der Waals surface area contributed by atoms with E-state index in [1.54, 1.807) is 0 Å². The molecule has 6 heteroatoms. The molecule has 0 aromatic heterocycles. The minimum absolute atomic E-state index is 0.00985. The average Bonchev–Trinajstić information content (AvgIpc) is 3.67. The third-order valence-electron chi connectivity index (χ3n) is 7.19. The number of nitrogens with two attached hydrogens (primary N) is 1. The van der Waals surface area contributed by atoms with Crippen LogP contribution in [-0.4, -0.2) is 27.0 Å². The molecule has 2 aliphatic carbocycles. The Bertz CT molecular complexity index is 1130. The van der Waals surface area contributed by atoms with Gasteiger partial charge in [0.2, 0.25) is 0 Å². The molecule has 5 rings (SSSR count). The standard InChI is InChI=1S/C28H35IN5/c1-18-23(20-9-5-4-6-10-20)16-31-27(19(2)26(18)33-28(30)21-13-14-21)22-11-7-8-12-25-24(15-22)32-17-29-34(25)3/h4-6,9-12,15,18,23,32-33H,7-8,13-14,16-17,30H2,1-3H3/q-1.